The smallest absolute Gasteiger partial charge is 0.262 e. The van der Waals surface area contributed by atoms with Gasteiger partial charge >= 0.3 is 0 Å². The molecule has 9 nitrogen and oxygen atoms in total. The average molecular weight is 347 g/mol. The maximum Gasteiger partial charge on any atom is 0.262 e. The van der Waals surface area contributed by atoms with E-state index in [4.69, 9.17) is 5.73 Å². The number of likely N-dealkylation sites (N-methyl/N-ethyl adjacent to an activating group) is 1. The van der Waals surface area contributed by atoms with Crippen molar-refractivity contribution in [1.29, 1.82) is 0 Å². The molecule has 136 valence electrons. The summed E-state index contributed by atoms with van der Waals surface area (Å²) in [5.74, 6) is 0.606. The molecule has 1 fully saturated rings. The van der Waals surface area contributed by atoms with E-state index in [1.165, 1.54) is 6.20 Å². The normalized spacial score (nSPS) is 21.1. The van der Waals surface area contributed by atoms with E-state index < -0.39 is 0 Å². The zero-order chi connectivity index (χ0) is 18.1. The van der Waals surface area contributed by atoms with Gasteiger partial charge in [-0.15, -0.1) is 0 Å². The first-order valence-corrected chi connectivity index (χ1v) is 8.63. The second-order valence-corrected chi connectivity index (χ2v) is 6.47. The highest BCUT2D eigenvalue weighted by Crippen LogP contribution is 2.21. The summed E-state index contributed by atoms with van der Waals surface area (Å²) in [5, 5.41) is 4.53. The minimum atomic E-state index is -0.276. The molecule has 3 heterocycles. The molecular formula is C16H25N7O2. The lowest BCUT2D eigenvalue weighted by Crippen LogP contribution is -2.45. The van der Waals surface area contributed by atoms with Crippen molar-refractivity contribution in [2.45, 2.75) is 38.9 Å². The van der Waals surface area contributed by atoms with E-state index >= 15 is 0 Å². The molecule has 0 saturated carbocycles. The van der Waals surface area contributed by atoms with Crippen LogP contribution in [0.25, 0.3) is 11.0 Å². The summed E-state index contributed by atoms with van der Waals surface area (Å²) in [6, 6.07) is -0.334. The fourth-order valence-electron chi connectivity index (χ4n) is 3.46. The van der Waals surface area contributed by atoms with E-state index in [9.17, 15) is 9.59 Å². The Morgan fingerprint density at radius 2 is 2.16 bits per heavy atom. The first-order chi connectivity index (χ1) is 11.9. The summed E-state index contributed by atoms with van der Waals surface area (Å²) in [5.41, 5.74) is 6.42. The van der Waals surface area contributed by atoms with Crippen LogP contribution in [0.4, 0.5) is 0 Å². The van der Waals surface area contributed by atoms with Crippen LogP contribution in [0.5, 0.6) is 0 Å². The number of amides is 1. The van der Waals surface area contributed by atoms with E-state index in [1.54, 1.807) is 11.7 Å². The van der Waals surface area contributed by atoms with Gasteiger partial charge in [0.1, 0.15) is 11.2 Å². The Kier molecular flexibility index (Phi) is 4.87. The molecule has 0 bridgehead atoms. The lowest BCUT2D eigenvalue weighted by atomic mass is 10.1. The molecule has 3 N–H and O–H groups in total. The topological polar surface area (TPSA) is 113 Å². The van der Waals surface area contributed by atoms with Crippen LogP contribution >= 0.6 is 0 Å². The molecule has 1 amide bonds. The number of fused-ring (bicyclic) bond motifs is 1. The molecule has 1 aliphatic rings. The number of aromatic amines is 1. The van der Waals surface area contributed by atoms with Crippen molar-refractivity contribution in [1.82, 2.24) is 29.5 Å². The lowest BCUT2D eigenvalue weighted by Gasteiger charge is -2.28. The van der Waals surface area contributed by atoms with E-state index in [0.29, 0.717) is 49.5 Å². The van der Waals surface area contributed by atoms with Gasteiger partial charge in [0.05, 0.1) is 18.8 Å². The molecule has 25 heavy (non-hydrogen) atoms. The van der Waals surface area contributed by atoms with Crippen LogP contribution in [0.15, 0.2) is 11.0 Å². The summed E-state index contributed by atoms with van der Waals surface area (Å²) in [4.78, 5) is 36.1. The molecule has 9 heteroatoms. The van der Waals surface area contributed by atoms with Crippen LogP contribution in [-0.4, -0.2) is 67.2 Å². The highest BCUT2D eigenvalue weighted by molar-refractivity contribution is 5.82. The maximum atomic E-state index is 12.8. The Morgan fingerprint density at radius 3 is 2.84 bits per heavy atom. The molecular weight excluding hydrogens is 322 g/mol. The van der Waals surface area contributed by atoms with Crippen molar-refractivity contribution in [3.05, 3.63) is 22.4 Å². The van der Waals surface area contributed by atoms with Crippen LogP contribution < -0.4 is 11.3 Å². The van der Waals surface area contributed by atoms with Crippen LogP contribution in [0.2, 0.25) is 0 Å². The summed E-state index contributed by atoms with van der Waals surface area (Å²) in [7, 11) is 1.75. The van der Waals surface area contributed by atoms with E-state index in [2.05, 4.69) is 15.1 Å². The fourth-order valence-corrected chi connectivity index (χ4v) is 3.46. The van der Waals surface area contributed by atoms with Crippen molar-refractivity contribution in [3.8, 4) is 0 Å². The van der Waals surface area contributed by atoms with Crippen molar-refractivity contribution in [2.24, 2.45) is 12.8 Å². The number of carbonyl (C=O) groups excluding carboxylic acids is 1. The van der Waals surface area contributed by atoms with E-state index in [0.717, 1.165) is 0 Å². The van der Waals surface area contributed by atoms with E-state index in [-0.39, 0.29) is 23.6 Å². The zero-order valence-electron chi connectivity index (χ0n) is 14.9. The van der Waals surface area contributed by atoms with Gasteiger partial charge in [-0.3, -0.25) is 19.2 Å². The Bertz CT molecular complexity index is 823. The largest absolute Gasteiger partial charge is 0.342 e. The number of nitrogens with zero attached hydrogens (tertiary/aromatic N) is 5. The molecule has 2 atom stereocenters. The number of nitrogens with one attached hydrogen (secondary N) is 1. The third-order valence-corrected chi connectivity index (χ3v) is 4.80. The molecule has 0 unspecified atom stereocenters. The molecule has 0 spiro atoms. The Morgan fingerprint density at radius 1 is 1.44 bits per heavy atom. The number of H-pyrrole nitrogens is 1. The van der Waals surface area contributed by atoms with Gasteiger partial charge in [-0.05, 0) is 20.3 Å². The summed E-state index contributed by atoms with van der Waals surface area (Å²) >= 11 is 0. The van der Waals surface area contributed by atoms with Crippen LogP contribution in [0.3, 0.4) is 0 Å². The van der Waals surface area contributed by atoms with E-state index in [1.807, 2.05) is 23.6 Å². The molecule has 2 aromatic heterocycles. The van der Waals surface area contributed by atoms with Gasteiger partial charge in [0.25, 0.3) is 5.56 Å². The van der Waals surface area contributed by atoms with Gasteiger partial charge in [-0.1, -0.05) is 0 Å². The fraction of sp³-hybridized carbons (Fsp3) is 0.625. The zero-order valence-corrected chi connectivity index (χ0v) is 14.9. The van der Waals surface area contributed by atoms with Gasteiger partial charge in [0.2, 0.25) is 5.91 Å². The second kappa shape index (κ2) is 6.93. The van der Waals surface area contributed by atoms with Gasteiger partial charge < -0.3 is 15.6 Å². The maximum absolute atomic E-state index is 12.8. The minimum Gasteiger partial charge on any atom is -0.342 e. The summed E-state index contributed by atoms with van der Waals surface area (Å²) < 4.78 is 1.57. The van der Waals surface area contributed by atoms with Crippen LogP contribution in [0, 0.1) is 0 Å². The van der Waals surface area contributed by atoms with Gasteiger partial charge in [0, 0.05) is 32.7 Å². The van der Waals surface area contributed by atoms with Crippen LogP contribution in [0.1, 0.15) is 26.1 Å². The Hall–Kier alpha value is -2.26. The number of nitrogens with two attached hydrogens (primary N) is 1. The minimum absolute atomic E-state index is 0.0586. The van der Waals surface area contributed by atoms with Crippen molar-refractivity contribution >= 4 is 16.9 Å². The third-order valence-electron chi connectivity index (χ3n) is 4.80. The second-order valence-electron chi connectivity index (χ2n) is 6.47. The Labute approximate surface area is 145 Å². The summed E-state index contributed by atoms with van der Waals surface area (Å²) in [6.07, 6.45) is 2.12. The first-order valence-electron chi connectivity index (χ1n) is 8.63. The molecule has 1 aliphatic heterocycles. The summed E-state index contributed by atoms with van der Waals surface area (Å²) in [6.45, 7) is 6.26. The van der Waals surface area contributed by atoms with Crippen molar-refractivity contribution in [2.75, 3.05) is 19.6 Å². The van der Waals surface area contributed by atoms with Gasteiger partial charge in [-0.2, -0.15) is 5.10 Å². The number of hydrogen-bond donors (Lipinski definition) is 2. The molecule has 2 aromatic rings. The highest BCUT2D eigenvalue weighted by atomic mass is 16.2. The number of likely N-dealkylation sites (tertiary alicyclic amines) is 1. The van der Waals surface area contributed by atoms with Gasteiger partial charge in [0.15, 0.2) is 5.65 Å². The molecule has 0 radical (unpaired) electrons. The molecule has 3 rings (SSSR count). The molecule has 1 saturated heterocycles. The lowest BCUT2D eigenvalue weighted by molar-refractivity contribution is -0.135. The SMILES string of the molecule is CCN(CC)C(=O)[C@@H]1C[C@@H](N)CN1Cc1nc2c(cnn2C)c(=O)[nH]1. The first kappa shape index (κ1) is 17.6. The molecule has 0 aliphatic carbocycles. The van der Waals surface area contributed by atoms with Crippen molar-refractivity contribution in [3.63, 3.8) is 0 Å². The Balaban J connectivity index is 1.86. The highest BCUT2D eigenvalue weighted by Gasteiger charge is 2.37. The number of aromatic nitrogens is 4. The standard InChI is InChI=1S/C16H25N7O2/c1-4-22(5-2)16(25)12-6-10(17)8-23(12)9-13-19-14-11(15(24)20-13)7-18-21(14)3/h7,10,12H,4-6,8-9,17H2,1-3H3,(H,19,20,24)/t10-,12+/m1/s1. The average Bonchev–Trinajstić information content (AvgIpc) is 3.12. The van der Waals surface area contributed by atoms with Crippen LogP contribution in [-0.2, 0) is 18.4 Å². The number of rotatable bonds is 5. The third kappa shape index (κ3) is 3.29. The number of aryl methyl sites for hydroxylation is 1. The predicted molar refractivity (Wildman–Crippen MR) is 93.8 cm³/mol. The quantitative estimate of drug-likeness (QED) is 0.749. The monoisotopic (exact) mass is 347 g/mol. The number of carbonyl (C=O) groups is 1. The van der Waals surface area contributed by atoms with Gasteiger partial charge in [-0.25, -0.2) is 4.98 Å². The molecule has 0 aromatic carbocycles. The predicted octanol–water partition coefficient (Wildman–Crippen LogP) is -0.573. The van der Waals surface area contributed by atoms with Crippen molar-refractivity contribution < 1.29 is 4.79 Å². The number of hydrogen-bond acceptors (Lipinski definition) is 6.